The van der Waals surface area contributed by atoms with E-state index in [-0.39, 0.29) is 17.1 Å². The van der Waals surface area contributed by atoms with E-state index in [0.29, 0.717) is 25.3 Å². The zero-order chi connectivity index (χ0) is 20.9. The van der Waals surface area contributed by atoms with E-state index in [1.165, 1.54) is 34.1 Å². The quantitative estimate of drug-likeness (QED) is 0.511. The Morgan fingerprint density at radius 3 is 2.28 bits per heavy atom. The molecule has 0 unspecified atom stereocenters. The first-order valence-corrected chi connectivity index (χ1v) is 11.3. The van der Waals surface area contributed by atoms with Crippen LogP contribution in [-0.4, -0.2) is 50.6 Å². The van der Waals surface area contributed by atoms with Crippen LogP contribution >= 0.6 is 0 Å². The van der Waals surface area contributed by atoms with Gasteiger partial charge in [0.05, 0.1) is 29.3 Å². The van der Waals surface area contributed by atoms with E-state index in [9.17, 15) is 13.2 Å². The minimum absolute atomic E-state index is 0.154. The summed E-state index contributed by atoms with van der Waals surface area (Å²) in [6, 6.07) is 15.9. The van der Waals surface area contributed by atoms with Crippen molar-refractivity contribution in [2.75, 3.05) is 19.7 Å². The van der Waals surface area contributed by atoms with Gasteiger partial charge in [-0.25, -0.2) is 13.2 Å². The maximum Gasteiger partial charge on any atom is 0.338 e. The van der Waals surface area contributed by atoms with Crippen LogP contribution in [-0.2, 0) is 25.9 Å². The third-order valence-electron chi connectivity index (χ3n) is 4.80. The molecule has 1 heterocycles. The second kappa shape index (κ2) is 9.52. The largest absolute Gasteiger partial charge is 0.462 e. The molecule has 2 aromatic carbocycles. The molecular weight excluding hydrogens is 390 g/mol. The molecule has 29 heavy (non-hydrogen) atoms. The van der Waals surface area contributed by atoms with Gasteiger partial charge in [-0.15, -0.1) is 0 Å². The van der Waals surface area contributed by atoms with Crippen LogP contribution in [0.3, 0.4) is 0 Å². The Labute approximate surface area is 172 Å². The fraction of sp³-hybridized carbons (Fsp3) is 0.409. The maximum absolute atomic E-state index is 12.9. The van der Waals surface area contributed by atoms with Gasteiger partial charge in [0.2, 0.25) is 10.0 Å². The highest BCUT2D eigenvalue weighted by Gasteiger charge is 2.32. The second-order valence-corrected chi connectivity index (χ2v) is 9.27. The van der Waals surface area contributed by atoms with Crippen LogP contribution in [0, 0.1) is 0 Å². The highest BCUT2D eigenvalue weighted by molar-refractivity contribution is 7.89. The van der Waals surface area contributed by atoms with Crippen molar-refractivity contribution in [3.05, 3.63) is 65.7 Å². The summed E-state index contributed by atoms with van der Waals surface area (Å²) in [5.74, 6) is -0.448. The van der Waals surface area contributed by atoms with Gasteiger partial charge in [-0.3, -0.25) is 0 Å². The molecule has 6 nitrogen and oxygen atoms in total. The molecule has 0 spiro atoms. The molecule has 7 heteroatoms. The SMILES string of the molecule is C[C@@H]1CN(S(=O)(=O)c2ccc(C(=O)OCCCc3ccccc3)cc2)C[C@H](C)O1. The summed E-state index contributed by atoms with van der Waals surface area (Å²) >= 11 is 0. The van der Waals surface area contributed by atoms with E-state index in [2.05, 4.69) is 0 Å². The summed E-state index contributed by atoms with van der Waals surface area (Å²) in [7, 11) is -3.62. The van der Waals surface area contributed by atoms with E-state index in [0.717, 1.165) is 12.8 Å². The Hall–Kier alpha value is -2.22. The number of ether oxygens (including phenoxy) is 2. The number of carbonyl (C=O) groups excluding carboxylic acids is 1. The van der Waals surface area contributed by atoms with Crippen LogP contribution in [0.1, 0.15) is 36.2 Å². The number of morpholine rings is 1. The molecule has 3 rings (SSSR count). The highest BCUT2D eigenvalue weighted by Crippen LogP contribution is 2.21. The van der Waals surface area contributed by atoms with Crippen molar-refractivity contribution in [3.63, 3.8) is 0 Å². The van der Waals surface area contributed by atoms with Gasteiger partial charge in [-0.1, -0.05) is 30.3 Å². The molecule has 1 fully saturated rings. The van der Waals surface area contributed by atoms with Crippen molar-refractivity contribution >= 4 is 16.0 Å². The second-order valence-electron chi connectivity index (χ2n) is 7.33. The van der Waals surface area contributed by atoms with Crippen molar-refractivity contribution in [3.8, 4) is 0 Å². The third-order valence-corrected chi connectivity index (χ3v) is 6.65. The highest BCUT2D eigenvalue weighted by atomic mass is 32.2. The summed E-state index contributed by atoms with van der Waals surface area (Å²) in [5, 5.41) is 0. The summed E-state index contributed by atoms with van der Waals surface area (Å²) in [6.07, 6.45) is 1.26. The Morgan fingerprint density at radius 2 is 1.66 bits per heavy atom. The van der Waals surface area contributed by atoms with Crippen LogP contribution in [0.25, 0.3) is 0 Å². The molecule has 0 amide bonds. The van der Waals surface area contributed by atoms with Crippen molar-refractivity contribution in [1.29, 1.82) is 0 Å². The van der Waals surface area contributed by atoms with Gasteiger partial charge in [-0.2, -0.15) is 4.31 Å². The third kappa shape index (κ3) is 5.65. The number of esters is 1. The van der Waals surface area contributed by atoms with Crippen LogP contribution in [0.4, 0.5) is 0 Å². The van der Waals surface area contributed by atoms with E-state index in [1.54, 1.807) is 0 Å². The predicted molar refractivity (Wildman–Crippen MR) is 110 cm³/mol. The summed E-state index contributed by atoms with van der Waals surface area (Å²) in [5.41, 5.74) is 1.54. The zero-order valence-electron chi connectivity index (χ0n) is 16.8. The lowest BCUT2D eigenvalue weighted by molar-refractivity contribution is -0.0440. The van der Waals surface area contributed by atoms with Gasteiger partial charge in [0.25, 0.3) is 0 Å². The fourth-order valence-corrected chi connectivity index (χ4v) is 5.00. The van der Waals surface area contributed by atoms with Crippen molar-refractivity contribution in [1.82, 2.24) is 4.31 Å². The minimum atomic E-state index is -3.62. The molecule has 2 aromatic rings. The van der Waals surface area contributed by atoms with Crippen LogP contribution in [0.15, 0.2) is 59.5 Å². The smallest absolute Gasteiger partial charge is 0.338 e. The molecule has 1 saturated heterocycles. The lowest BCUT2D eigenvalue weighted by Gasteiger charge is -2.34. The van der Waals surface area contributed by atoms with Gasteiger partial charge in [-0.05, 0) is 56.5 Å². The van der Waals surface area contributed by atoms with Crippen LogP contribution < -0.4 is 0 Å². The summed E-state index contributed by atoms with van der Waals surface area (Å²) < 4.78 is 38.1. The van der Waals surface area contributed by atoms with Crippen LogP contribution in [0.2, 0.25) is 0 Å². The normalized spacial score (nSPS) is 20.3. The Balaban J connectivity index is 1.55. The van der Waals surface area contributed by atoms with Gasteiger partial charge >= 0.3 is 5.97 Å². The molecule has 0 saturated carbocycles. The number of hydrogen-bond acceptors (Lipinski definition) is 5. The monoisotopic (exact) mass is 417 g/mol. The number of rotatable bonds is 7. The Kier molecular flexibility index (Phi) is 7.05. The van der Waals surface area contributed by atoms with E-state index >= 15 is 0 Å². The zero-order valence-corrected chi connectivity index (χ0v) is 17.6. The molecular formula is C22H27NO5S. The standard InChI is InChI=1S/C22H27NO5S/c1-17-15-23(16-18(2)28-17)29(25,26)21-12-10-20(11-13-21)22(24)27-14-6-9-19-7-4-3-5-8-19/h3-5,7-8,10-13,17-18H,6,9,14-16H2,1-2H3/t17-,18+. The first kappa shape index (κ1) is 21.5. The summed E-state index contributed by atoms with van der Waals surface area (Å²) in [6.45, 7) is 4.66. The number of carbonyl (C=O) groups is 1. The number of hydrogen-bond donors (Lipinski definition) is 0. The van der Waals surface area contributed by atoms with Crippen molar-refractivity contribution in [2.45, 2.75) is 43.8 Å². The van der Waals surface area contributed by atoms with E-state index < -0.39 is 16.0 Å². The van der Waals surface area contributed by atoms with Gasteiger partial charge < -0.3 is 9.47 Å². The molecule has 0 radical (unpaired) electrons. The Bertz CT molecular complexity index is 902. The molecule has 156 valence electrons. The average molecular weight is 418 g/mol. The van der Waals surface area contributed by atoms with Crippen molar-refractivity contribution in [2.24, 2.45) is 0 Å². The summed E-state index contributed by atoms with van der Waals surface area (Å²) in [4.78, 5) is 12.4. The first-order chi connectivity index (χ1) is 13.9. The van der Waals surface area contributed by atoms with E-state index in [1.807, 2.05) is 44.2 Å². The van der Waals surface area contributed by atoms with E-state index in [4.69, 9.17) is 9.47 Å². The average Bonchev–Trinajstić information content (AvgIpc) is 2.71. The molecule has 1 aliphatic rings. The molecule has 1 aliphatic heterocycles. The lowest BCUT2D eigenvalue weighted by atomic mass is 10.1. The first-order valence-electron chi connectivity index (χ1n) is 9.83. The van der Waals surface area contributed by atoms with Gasteiger partial charge in [0.15, 0.2) is 0 Å². The molecule has 2 atom stereocenters. The lowest BCUT2D eigenvalue weighted by Crippen LogP contribution is -2.48. The predicted octanol–water partition coefficient (Wildman–Crippen LogP) is 3.27. The molecule has 0 aliphatic carbocycles. The molecule has 0 N–H and O–H groups in total. The van der Waals surface area contributed by atoms with Gasteiger partial charge in [0.1, 0.15) is 0 Å². The number of nitrogens with zero attached hydrogens (tertiary/aromatic N) is 1. The van der Waals surface area contributed by atoms with Crippen LogP contribution in [0.5, 0.6) is 0 Å². The Morgan fingerprint density at radius 1 is 1.03 bits per heavy atom. The number of benzene rings is 2. The number of aryl methyl sites for hydroxylation is 1. The minimum Gasteiger partial charge on any atom is -0.462 e. The maximum atomic E-state index is 12.9. The topological polar surface area (TPSA) is 72.9 Å². The molecule has 0 aromatic heterocycles. The number of sulfonamides is 1. The molecule has 0 bridgehead atoms. The van der Waals surface area contributed by atoms with Gasteiger partial charge in [0, 0.05) is 13.1 Å². The fourth-order valence-electron chi connectivity index (χ4n) is 3.41. The van der Waals surface area contributed by atoms with Crippen molar-refractivity contribution < 1.29 is 22.7 Å².